The number of halogens is 1. The summed E-state index contributed by atoms with van der Waals surface area (Å²) in [6.45, 7) is 6.75. The van der Waals surface area contributed by atoms with Crippen LogP contribution < -0.4 is 17.0 Å². The topological polar surface area (TPSA) is 20.2 Å². The highest BCUT2D eigenvalue weighted by Gasteiger charge is 2.33. The Morgan fingerprint density at radius 2 is 1.88 bits per heavy atom. The smallest absolute Gasteiger partial charge is 0.123 e. The van der Waals surface area contributed by atoms with Gasteiger partial charge in [-0.1, -0.05) is 42.0 Å². The van der Waals surface area contributed by atoms with Gasteiger partial charge in [0, 0.05) is 12.0 Å². The van der Waals surface area contributed by atoms with Crippen LogP contribution in [-0.2, 0) is 0 Å². The van der Waals surface area contributed by atoms with E-state index in [-0.39, 0.29) is 17.0 Å². The zero-order valence-electron chi connectivity index (χ0n) is 16.1. The molecule has 2 nitrogen and oxygen atoms in total. The van der Waals surface area contributed by atoms with Crippen molar-refractivity contribution in [1.29, 1.82) is 0 Å². The van der Waals surface area contributed by atoms with Gasteiger partial charge in [-0.25, -0.2) is 0 Å². The third kappa shape index (κ3) is 4.39. The average Bonchev–Trinajstić information content (AvgIpc) is 2.64. The summed E-state index contributed by atoms with van der Waals surface area (Å²) in [5, 5.41) is 10.5. The molecule has 3 heteroatoms. The largest absolute Gasteiger partial charge is 1.00 e. The minimum Gasteiger partial charge on any atom is -1.00 e. The molecule has 0 spiro atoms. The van der Waals surface area contributed by atoms with Crippen molar-refractivity contribution in [3.05, 3.63) is 71.3 Å². The summed E-state index contributed by atoms with van der Waals surface area (Å²) >= 11 is 0. The Morgan fingerprint density at radius 3 is 2.58 bits per heavy atom. The highest BCUT2D eigenvalue weighted by molar-refractivity contribution is 5.83. The van der Waals surface area contributed by atoms with Crippen LogP contribution in [0.15, 0.2) is 54.6 Å². The molecule has 1 aliphatic heterocycles. The molecule has 2 aromatic carbocycles. The third-order valence-corrected chi connectivity index (χ3v) is 5.83. The molecule has 1 N–H and O–H groups in total. The number of likely N-dealkylation sites (N-methyl/N-ethyl adjacent to an activating group) is 1. The summed E-state index contributed by atoms with van der Waals surface area (Å²) in [6.07, 6.45) is 6.24. The molecule has 3 rings (SSSR count). The molecule has 1 saturated heterocycles. The van der Waals surface area contributed by atoms with E-state index in [9.17, 15) is 5.11 Å². The Hall–Kier alpha value is -1.58. The minimum absolute atomic E-state index is 0. The number of quaternary nitrogens is 1. The zero-order chi connectivity index (χ0) is 17.9. The van der Waals surface area contributed by atoms with Crippen molar-refractivity contribution >= 4 is 5.57 Å². The predicted molar refractivity (Wildman–Crippen MR) is 106 cm³/mol. The van der Waals surface area contributed by atoms with Crippen molar-refractivity contribution in [3.8, 4) is 5.75 Å². The lowest BCUT2D eigenvalue weighted by atomic mass is 9.90. The van der Waals surface area contributed by atoms with E-state index in [0.29, 0.717) is 11.8 Å². The van der Waals surface area contributed by atoms with E-state index in [4.69, 9.17) is 0 Å². The Bertz CT molecular complexity index is 756. The predicted octanol–water partition coefficient (Wildman–Crippen LogP) is 2.16. The highest BCUT2D eigenvalue weighted by atomic mass is 79.9. The normalized spacial score (nSPS) is 23.3. The van der Waals surface area contributed by atoms with Crippen LogP contribution in [0.4, 0.5) is 0 Å². The Morgan fingerprint density at radius 1 is 1.15 bits per heavy atom. The van der Waals surface area contributed by atoms with E-state index in [1.807, 2.05) is 18.2 Å². The fourth-order valence-corrected chi connectivity index (χ4v) is 3.98. The fraction of sp³-hybridized carbons (Fsp3) is 0.391. The highest BCUT2D eigenvalue weighted by Crippen LogP contribution is 2.34. The first-order chi connectivity index (χ1) is 12.0. The molecule has 2 unspecified atom stereocenters. The lowest BCUT2D eigenvalue weighted by Gasteiger charge is -2.43. The van der Waals surface area contributed by atoms with E-state index < -0.39 is 0 Å². The molecule has 26 heavy (non-hydrogen) atoms. The van der Waals surface area contributed by atoms with Crippen LogP contribution in [0.25, 0.3) is 5.57 Å². The lowest BCUT2D eigenvalue weighted by molar-refractivity contribution is -0.930. The van der Waals surface area contributed by atoms with Crippen molar-refractivity contribution in [3.63, 3.8) is 0 Å². The molecule has 0 bridgehead atoms. The molecule has 0 radical (unpaired) electrons. The summed E-state index contributed by atoms with van der Waals surface area (Å²) < 4.78 is 1.09. The number of phenolic OH excluding ortho intramolecular Hbond substituents is 1. The van der Waals surface area contributed by atoms with Gasteiger partial charge in [0.2, 0.25) is 0 Å². The standard InChI is InChI=1S/C23H29NO.BrH/c1-4-24(3)15-9-8-12-20(24)17-21(19-10-6-5-7-11-19)22-16-18(2)13-14-23(22)25;/h5-7,10-11,13-14,16-17,20H,4,8-9,12,15H2,1-3H3;1H/b21-17+;. The van der Waals surface area contributed by atoms with E-state index in [0.717, 1.165) is 22.2 Å². The molecule has 140 valence electrons. The molecule has 1 fully saturated rings. The SMILES string of the molecule is CC[N+]1(C)CCCCC1/C=C(\c1ccccc1)c1cc(C)ccc1O.[Br-]. The van der Waals surface area contributed by atoms with Gasteiger partial charge in [0.05, 0.1) is 20.1 Å². The maximum absolute atomic E-state index is 10.5. The average molecular weight is 416 g/mol. The van der Waals surface area contributed by atoms with Gasteiger partial charge in [-0.15, -0.1) is 0 Å². The first kappa shape index (κ1) is 20.7. The number of piperidine rings is 1. The van der Waals surface area contributed by atoms with Gasteiger partial charge in [0.25, 0.3) is 0 Å². The second-order valence-corrected chi connectivity index (χ2v) is 7.55. The maximum Gasteiger partial charge on any atom is 0.123 e. The van der Waals surface area contributed by atoms with Gasteiger partial charge in [0.15, 0.2) is 0 Å². The molecule has 1 heterocycles. The number of hydrogen-bond acceptors (Lipinski definition) is 1. The van der Waals surface area contributed by atoms with Crippen LogP contribution >= 0.6 is 0 Å². The first-order valence-electron chi connectivity index (χ1n) is 9.45. The van der Waals surface area contributed by atoms with E-state index in [1.165, 1.54) is 36.9 Å². The quantitative estimate of drug-likeness (QED) is 0.758. The van der Waals surface area contributed by atoms with Gasteiger partial charge < -0.3 is 26.6 Å². The summed E-state index contributed by atoms with van der Waals surface area (Å²) in [4.78, 5) is 0. The number of likely N-dealkylation sites (tertiary alicyclic amines) is 1. The summed E-state index contributed by atoms with van der Waals surface area (Å²) in [6, 6.07) is 16.9. The van der Waals surface area contributed by atoms with Crippen LogP contribution in [-0.4, -0.2) is 35.8 Å². The van der Waals surface area contributed by atoms with Crippen molar-refractivity contribution in [2.45, 2.75) is 39.2 Å². The summed E-state index contributed by atoms with van der Waals surface area (Å²) in [5.41, 5.74) is 4.45. The Labute approximate surface area is 168 Å². The number of rotatable bonds is 4. The minimum atomic E-state index is 0. The molecule has 2 aromatic rings. The van der Waals surface area contributed by atoms with Crippen molar-refractivity contribution in [1.82, 2.24) is 0 Å². The molecule has 0 aliphatic carbocycles. The van der Waals surface area contributed by atoms with Gasteiger partial charge in [-0.3, -0.25) is 0 Å². The second-order valence-electron chi connectivity index (χ2n) is 7.55. The van der Waals surface area contributed by atoms with Gasteiger partial charge in [-0.05, 0) is 56.0 Å². The maximum atomic E-state index is 10.5. The van der Waals surface area contributed by atoms with Crippen LogP contribution in [0.3, 0.4) is 0 Å². The zero-order valence-corrected chi connectivity index (χ0v) is 17.7. The molecule has 1 aliphatic rings. The molecule has 0 saturated carbocycles. The first-order valence-corrected chi connectivity index (χ1v) is 9.45. The molecular formula is C23H30BrNO. The molecular weight excluding hydrogens is 386 g/mol. The van der Waals surface area contributed by atoms with Crippen LogP contribution in [0, 0.1) is 6.92 Å². The van der Waals surface area contributed by atoms with Crippen molar-refractivity contribution in [2.24, 2.45) is 0 Å². The molecule has 0 aromatic heterocycles. The number of aromatic hydroxyl groups is 1. The summed E-state index contributed by atoms with van der Waals surface area (Å²) in [5.74, 6) is 0.363. The van der Waals surface area contributed by atoms with E-state index >= 15 is 0 Å². The monoisotopic (exact) mass is 415 g/mol. The van der Waals surface area contributed by atoms with Crippen LogP contribution in [0.2, 0.25) is 0 Å². The number of nitrogens with zero attached hydrogens (tertiary/aromatic N) is 1. The number of hydrogen-bond donors (Lipinski definition) is 1. The molecule has 0 amide bonds. The third-order valence-electron chi connectivity index (χ3n) is 5.83. The fourth-order valence-electron chi connectivity index (χ4n) is 3.98. The van der Waals surface area contributed by atoms with Gasteiger partial charge >= 0.3 is 0 Å². The summed E-state index contributed by atoms with van der Waals surface area (Å²) in [7, 11) is 2.37. The van der Waals surface area contributed by atoms with Gasteiger partial charge in [-0.2, -0.15) is 0 Å². The lowest BCUT2D eigenvalue weighted by Crippen LogP contribution is -3.00. The number of phenols is 1. The van der Waals surface area contributed by atoms with E-state index in [2.05, 4.69) is 57.3 Å². The van der Waals surface area contributed by atoms with Gasteiger partial charge in [0.1, 0.15) is 11.8 Å². The van der Waals surface area contributed by atoms with Crippen molar-refractivity contribution in [2.75, 3.05) is 20.1 Å². The van der Waals surface area contributed by atoms with Crippen molar-refractivity contribution < 1.29 is 26.6 Å². The Balaban J connectivity index is 0.00000243. The number of aryl methyl sites for hydroxylation is 1. The van der Waals surface area contributed by atoms with E-state index in [1.54, 1.807) is 0 Å². The van der Waals surface area contributed by atoms with Crippen LogP contribution in [0.1, 0.15) is 42.9 Å². The second kappa shape index (κ2) is 8.88. The van der Waals surface area contributed by atoms with Crippen LogP contribution in [0.5, 0.6) is 5.75 Å². The number of benzene rings is 2. The molecule has 2 atom stereocenters. The Kier molecular flexibility index (Phi) is 7.08.